The molecule has 1 fully saturated rings. The molecule has 1 aromatic carbocycles. The first-order valence-electron chi connectivity index (χ1n) is 8.90. The van der Waals surface area contributed by atoms with Gasteiger partial charge in [-0.25, -0.2) is 17.5 Å². The van der Waals surface area contributed by atoms with Gasteiger partial charge in [-0.3, -0.25) is 4.90 Å². The van der Waals surface area contributed by atoms with Gasteiger partial charge in [0.05, 0.1) is 0 Å². The van der Waals surface area contributed by atoms with E-state index in [4.69, 9.17) is 0 Å². The Labute approximate surface area is 165 Å². The number of benzene rings is 1. The average molecular weight is 435 g/mol. The van der Waals surface area contributed by atoms with Crippen LogP contribution in [0.5, 0.6) is 5.75 Å². The van der Waals surface area contributed by atoms with Crippen LogP contribution in [0.1, 0.15) is 19.0 Å². The minimum Gasteiger partial charge on any atom is -0.403 e. The predicted octanol–water partition coefficient (Wildman–Crippen LogP) is 3.48. The third-order valence-electron chi connectivity index (χ3n) is 4.93. The van der Waals surface area contributed by atoms with Crippen LogP contribution < -0.4 is 9.46 Å². The van der Waals surface area contributed by atoms with E-state index in [1.165, 1.54) is 0 Å². The van der Waals surface area contributed by atoms with Gasteiger partial charge in [0, 0.05) is 47.2 Å². The summed E-state index contributed by atoms with van der Waals surface area (Å²) in [5.41, 5.74) is 1.02. The van der Waals surface area contributed by atoms with Crippen molar-refractivity contribution in [3.63, 3.8) is 0 Å². The van der Waals surface area contributed by atoms with Gasteiger partial charge in [-0.1, -0.05) is 13.5 Å². The maximum atomic E-state index is 13.9. The topological polar surface area (TPSA) is 74.4 Å². The molecule has 160 valence electrons. The van der Waals surface area contributed by atoms with Crippen molar-refractivity contribution in [1.82, 2.24) is 14.6 Å². The average Bonchev–Trinajstić information content (AvgIpc) is 2.97. The van der Waals surface area contributed by atoms with Crippen LogP contribution in [-0.4, -0.2) is 43.8 Å². The number of aromatic nitrogens is 1. The van der Waals surface area contributed by atoms with E-state index >= 15 is 0 Å². The quantitative estimate of drug-likeness (QED) is 0.682. The number of hydrogen-bond donors (Lipinski definition) is 2. The van der Waals surface area contributed by atoms with Gasteiger partial charge >= 0.3 is 6.36 Å². The molecule has 0 saturated carbocycles. The molecule has 1 unspecified atom stereocenters. The van der Waals surface area contributed by atoms with E-state index in [2.05, 4.69) is 21.0 Å². The first kappa shape index (κ1) is 21.6. The molecule has 0 spiro atoms. The van der Waals surface area contributed by atoms with Crippen molar-refractivity contribution in [2.75, 3.05) is 13.1 Å². The van der Waals surface area contributed by atoms with Crippen molar-refractivity contribution in [2.45, 2.75) is 32.3 Å². The fourth-order valence-electron chi connectivity index (χ4n) is 3.42. The Balaban J connectivity index is 1.75. The summed E-state index contributed by atoms with van der Waals surface area (Å²) >= 11 is 0. The lowest BCUT2D eigenvalue weighted by molar-refractivity contribution is -0.275. The molecule has 2 heterocycles. The number of alkyl halides is 3. The van der Waals surface area contributed by atoms with Crippen molar-refractivity contribution < 1.29 is 30.7 Å². The molecule has 0 bridgehead atoms. The smallest absolute Gasteiger partial charge is 0.403 e. The zero-order valence-corrected chi connectivity index (χ0v) is 16.4. The third-order valence-corrected chi connectivity index (χ3v) is 6.00. The molecular formula is C18H21F4N3O3S. The largest absolute Gasteiger partial charge is 0.573 e. The first-order valence-corrected chi connectivity index (χ1v) is 10.4. The number of ether oxygens (including phenoxy) is 1. The SMILES string of the molecule is C=CS(=O)(=O)NC1CN(Cc2cc3cc(OC(F)(F)F)c(F)cc3[nH]2)CC[C@H]1C. The van der Waals surface area contributed by atoms with Crippen molar-refractivity contribution in [3.05, 3.63) is 41.7 Å². The highest BCUT2D eigenvalue weighted by atomic mass is 32.2. The van der Waals surface area contributed by atoms with Crippen LogP contribution in [0, 0.1) is 11.7 Å². The molecule has 3 rings (SSSR count). The Morgan fingerprint density at radius 3 is 2.76 bits per heavy atom. The second-order valence-corrected chi connectivity index (χ2v) is 8.81. The zero-order valence-electron chi connectivity index (χ0n) is 15.6. The lowest BCUT2D eigenvalue weighted by Gasteiger charge is -2.36. The van der Waals surface area contributed by atoms with E-state index in [0.29, 0.717) is 29.7 Å². The summed E-state index contributed by atoms with van der Waals surface area (Å²) in [4.78, 5) is 5.00. The summed E-state index contributed by atoms with van der Waals surface area (Å²) in [7, 11) is -3.56. The van der Waals surface area contributed by atoms with Gasteiger partial charge in [-0.05, 0) is 31.0 Å². The van der Waals surface area contributed by atoms with Crippen molar-refractivity contribution in [2.24, 2.45) is 5.92 Å². The van der Waals surface area contributed by atoms with Gasteiger partial charge in [0.1, 0.15) is 0 Å². The molecule has 2 N–H and O–H groups in total. The highest BCUT2D eigenvalue weighted by Crippen LogP contribution is 2.30. The van der Waals surface area contributed by atoms with Crippen LogP contribution in [0.25, 0.3) is 10.9 Å². The number of halogens is 4. The van der Waals surface area contributed by atoms with Crippen LogP contribution in [0.15, 0.2) is 30.2 Å². The van der Waals surface area contributed by atoms with E-state index in [1.54, 1.807) is 6.07 Å². The Bertz CT molecular complexity index is 1000. The van der Waals surface area contributed by atoms with Crippen LogP contribution >= 0.6 is 0 Å². The minimum absolute atomic E-state index is 0.139. The fourth-order valence-corrected chi connectivity index (χ4v) is 4.24. The number of piperidine rings is 1. The number of likely N-dealkylation sites (tertiary alicyclic amines) is 1. The molecule has 1 aliphatic heterocycles. The summed E-state index contributed by atoms with van der Waals surface area (Å²) in [6.45, 7) is 6.84. The monoisotopic (exact) mass is 435 g/mol. The number of rotatable bonds is 6. The molecule has 2 aromatic rings. The molecule has 1 aliphatic rings. The predicted molar refractivity (Wildman–Crippen MR) is 100 cm³/mol. The van der Waals surface area contributed by atoms with E-state index in [-0.39, 0.29) is 12.0 Å². The van der Waals surface area contributed by atoms with Crippen molar-refractivity contribution in [1.29, 1.82) is 0 Å². The number of fused-ring (bicyclic) bond motifs is 1. The molecule has 11 heteroatoms. The van der Waals surface area contributed by atoms with Crippen LogP contribution in [0.2, 0.25) is 0 Å². The summed E-state index contributed by atoms with van der Waals surface area (Å²) in [5, 5.41) is 1.25. The lowest BCUT2D eigenvalue weighted by Crippen LogP contribution is -2.51. The second kappa shape index (κ2) is 7.96. The molecule has 1 saturated heterocycles. The van der Waals surface area contributed by atoms with E-state index < -0.39 is 28.0 Å². The van der Waals surface area contributed by atoms with Crippen molar-refractivity contribution in [3.8, 4) is 5.75 Å². The van der Waals surface area contributed by atoms with Crippen LogP contribution in [0.4, 0.5) is 17.6 Å². The summed E-state index contributed by atoms with van der Waals surface area (Å²) in [5.74, 6) is -1.87. The Morgan fingerprint density at radius 1 is 1.38 bits per heavy atom. The second-order valence-electron chi connectivity index (χ2n) is 7.15. The normalized spacial score (nSPS) is 21.4. The maximum absolute atomic E-state index is 13.9. The Morgan fingerprint density at radius 2 is 2.10 bits per heavy atom. The van der Waals surface area contributed by atoms with E-state index in [9.17, 15) is 26.0 Å². The Kier molecular flexibility index (Phi) is 5.93. The lowest BCUT2D eigenvalue weighted by atomic mass is 9.94. The molecule has 0 radical (unpaired) electrons. The van der Waals surface area contributed by atoms with Gasteiger partial charge in [0.15, 0.2) is 11.6 Å². The first-order chi connectivity index (χ1) is 13.5. The minimum atomic E-state index is -4.98. The van der Waals surface area contributed by atoms with E-state index in [1.807, 2.05) is 11.8 Å². The highest BCUT2D eigenvalue weighted by molar-refractivity contribution is 7.92. The van der Waals surface area contributed by atoms with Gasteiger partial charge in [0.25, 0.3) is 0 Å². The number of nitrogens with zero attached hydrogens (tertiary/aromatic N) is 1. The van der Waals surface area contributed by atoms with Gasteiger partial charge < -0.3 is 9.72 Å². The molecule has 2 atom stereocenters. The van der Waals surface area contributed by atoms with Gasteiger partial charge in [0.2, 0.25) is 10.0 Å². The summed E-state index contributed by atoms with van der Waals surface area (Å²) in [6, 6.07) is 3.29. The van der Waals surface area contributed by atoms with Gasteiger partial charge in [-0.2, -0.15) is 0 Å². The van der Waals surface area contributed by atoms with E-state index in [0.717, 1.165) is 30.5 Å². The fraction of sp³-hybridized carbons (Fsp3) is 0.444. The molecule has 29 heavy (non-hydrogen) atoms. The zero-order chi connectivity index (χ0) is 21.4. The summed E-state index contributed by atoms with van der Waals surface area (Å²) < 4.78 is 80.9. The molecule has 1 aromatic heterocycles. The molecule has 0 aliphatic carbocycles. The number of nitrogens with one attached hydrogen (secondary N) is 2. The van der Waals surface area contributed by atoms with Crippen molar-refractivity contribution >= 4 is 20.9 Å². The number of hydrogen-bond acceptors (Lipinski definition) is 4. The number of sulfonamides is 1. The third kappa shape index (κ3) is 5.49. The molecular weight excluding hydrogens is 414 g/mol. The molecule has 0 amide bonds. The number of H-pyrrole nitrogens is 1. The maximum Gasteiger partial charge on any atom is 0.573 e. The van der Waals surface area contributed by atoms with Gasteiger partial charge in [-0.15, -0.1) is 13.2 Å². The standard InChI is InChI=1S/C18H21F4N3O3S/c1-3-29(26,27)24-16-10-25(5-4-11(16)2)9-13-6-12-7-17(28-18(20,21)22)14(19)8-15(12)23-13/h3,6-8,11,16,23-24H,1,4-5,9-10H2,2H3/t11-,16?/m1/s1. The molecule has 6 nitrogen and oxygen atoms in total. The summed E-state index contributed by atoms with van der Waals surface area (Å²) in [6.07, 6.45) is -4.21. The van der Waals surface area contributed by atoms with Crippen LogP contribution in [-0.2, 0) is 16.6 Å². The van der Waals surface area contributed by atoms with Crippen LogP contribution in [0.3, 0.4) is 0 Å². The highest BCUT2D eigenvalue weighted by Gasteiger charge is 2.33. The number of aromatic amines is 1. The Hall–Kier alpha value is -2.11.